The molecule has 0 aliphatic carbocycles. The minimum Gasteiger partial charge on any atom is -0.464 e. The van der Waals surface area contributed by atoms with Crippen LogP contribution in [0.15, 0.2) is 28.7 Å². The van der Waals surface area contributed by atoms with Gasteiger partial charge in [0.25, 0.3) is 0 Å². The highest BCUT2D eigenvalue weighted by Crippen LogP contribution is 2.37. The summed E-state index contributed by atoms with van der Waals surface area (Å²) in [5, 5.41) is 15.1. The molecule has 2 aliphatic heterocycles. The summed E-state index contributed by atoms with van der Waals surface area (Å²) in [4.78, 5) is 38.4. The van der Waals surface area contributed by atoms with Gasteiger partial charge in [-0.3, -0.25) is 14.4 Å². The molecule has 1 atom stereocenters. The van der Waals surface area contributed by atoms with Crippen LogP contribution in [0.3, 0.4) is 0 Å². The summed E-state index contributed by atoms with van der Waals surface area (Å²) in [6.45, 7) is 2.35. The van der Waals surface area contributed by atoms with Crippen molar-refractivity contribution in [3.63, 3.8) is 0 Å². The van der Waals surface area contributed by atoms with Gasteiger partial charge in [-0.05, 0) is 61.6 Å². The van der Waals surface area contributed by atoms with Crippen molar-refractivity contribution in [2.75, 3.05) is 23.3 Å². The summed E-state index contributed by atoms with van der Waals surface area (Å²) >= 11 is 0. The molecule has 0 spiro atoms. The second-order valence-electron chi connectivity index (χ2n) is 7.42. The van der Waals surface area contributed by atoms with Gasteiger partial charge in [0.05, 0.1) is 12.2 Å². The standard InChI is InChI=1S/C21H23N3O5/c1-12-4-6-17(29-12)16(25)11-22-20(27)21(28)23-15-9-13-3-2-8-24-18(26)7-5-14(10-15)19(13)24/h4,6,9-10,16,25H,2-3,5,7-8,11H2,1H3,(H,22,27)(H,23,28)/t16-/m0/s1. The van der Waals surface area contributed by atoms with E-state index in [-0.39, 0.29) is 12.5 Å². The molecule has 3 amide bonds. The normalized spacial score (nSPS) is 16.2. The van der Waals surface area contributed by atoms with Crippen molar-refractivity contribution in [3.05, 3.63) is 46.9 Å². The first-order valence-electron chi connectivity index (χ1n) is 9.72. The van der Waals surface area contributed by atoms with Gasteiger partial charge in [0, 0.05) is 18.7 Å². The molecule has 2 aliphatic rings. The number of hydrogen-bond acceptors (Lipinski definition) is 5. The number of anilines is 2. The molecule has 2 aromatic rings. The Kier molecular flexibility index (Phi) is 5.10. The van der Waals surface area contributed by atoms with E-state index in [0.29, 0.717) is 30.0 Å². The SMILES string of the molecule is Cc1ccc([C@@H](O)CNC(=O)C(=O)Nc2cc3c4c(c2)CCC(=O)N4CCC3)o1. The van der Waals surface area contributed by atoms with E-state index in [1.54, 1.807) is 19.1 Å². The molecule has 152 valence electrons. The summed E-state index contributed by atoms with van der Waals surface area (Å²) in [6.07, 6.45) is 1.76. The number of benzene rings is 1. The number of nitrogens with zero attached hydrogens (tertiary/aromatic N) is 1. The number of rotatable bonds is 4. The molecule has 0 fully saturated rings. The molecule has 8 nitrogen and oxygen atoms in total. The van der Waals surface area contributed by atoms with Crippen LogP contribution < -0.4 is 15.5 Å². The highest BCUT2D eigenvalue weighted by Gasteiger charge is 2.30. The van der Waals surface area contributed by atoms with Crippen LogP contribution in [0, 0.1) is 6.92 Å². The van der Waals surface area contributed by atoms with Crippen molar-refractivity contribution in [1.82, 2.24) is 5.32 Å². The maximum atomic E-state index is 12.3. The van der Waals surface area contributed by atoms with Crippen LogP contribution in [0.4, 0.5) is 11.4 Å². The molecule has 1 aromatic heterocycles. The van der Waals surface area contributed by atoms with E-state index < -0.39 is 17.9 Å². The van der Waals surface area contributed by atoms with Gasteiger partial charge in [0.1, 0.15) is 17.6 Å². The Balaban J connectivity index is 1.41. The van der Waals surface area contributed by atoms with E-state index in [1.807, 2.05) is 17.0 Å². The Morgan fingerprint density at radius 1 is 1.17 bits per heavy atom. The maximum absolute atomic E-state index is 12.3. The minimum absolute atomic E-state index is 0.133. The third-order valence-corrected chi connectivity index (χ3v) is 5.28. The van der Waals surface area contributed by atoms with Crippen LogP contribution in [0.1, 0.15) is 41.6 Å². The van der Waals surface area contributed by atoms with Gasteiger partial charge in [-0.2, -0.15) is 0 Å². The van der Waals surface area contributed by atoms with Gasteiger partial charge in [0.2, 0.25) is 5.91 Å². The Morgan fingerprint density at radius 3 is 2.66 bits per heavy atom. The number of nitrogens with one attached hydrogen (secondary N) is 2. The highest BCUT2D eigenvalue weighted by molar-refractivity contribution is 6.39. The lowest BCUT2D eigenvalue weighted by Gasteiger charge is -2.35. The van der Waals surface area contributed by atoms with Gasteiger partial charge in [0.15, 0.2) is 0 Å². The predicted molar refractivity (Wildman–Crippen MR) is 105 cm³/mol. The highest BCUT2D eigenvalue weighted by atomic mass is 16.4. The number of aliphatic hydroxyl groups is 1. The number of hydrogen-bond donors (Lipinski definition) is 3. The summed E-state index contributed by atoms with van der Waals surface area (Å²) in [5.74, 6) is -0.522. The van der Waals surface area contributed by atoms with Crippen LogP contribution in [0.2, 0.25) is 0 Å². The van der Waals surface area contributed by atoms with Crippen molar-refractivity contribution in [3.8, 4) is 0 Å². The zero-order valence-electron chi connectivity index (χ0n) is 16.2. The van der Waals surface area contributed by atoms with Gasteiger partial charge in [-0.15, -0.1) is 0 Å². The number of aryl methyl sites for hydroxylation is 3. The predicted octanol–water partition coefficient (Wildman–Crippen LogP) is 1.60. The molecule has 0 bridgehead atoms. The quantitative estimate of drug-likeness (QED) is 0.679. The minimum atomic E-state index is -1.03. The summed E-state index contributed by atoms with van der Waals surface area (Å²) in [5.41, 5.74) is 3.53. The average molecular weight is 397 g/mol. The Morgan fingerprint density at radius 2 is 1.93 bits per heavy atom. The molecular weight excluding hydrogens is 374 g/mol. The van der Waals surface area contributed by atoms with Gasteiger partial charge >= 0.3 is 11.8 Å². The van der Waals surface area contributed by atoms with Crippen molar-refractivity contribution in [1.29, 1.82) is 0 Å². The number of aliphatic hydroxyl groups excluding tert-OH is 1. The Bertz CT molecular complexity index is 963. The van der Waals surface area contributed by atoms with Crippen LogP contribution in [0.25, 0.3) is 0 Å². The van der Waals surface area contributed by atoms with E-state index in [2.05, 4.69) is 10.6 Å². The lowest BCUT2D eigenvalue weighted by Crippen LogP contribution is -2.39. The van der Waals surface area contributed by atoms with Crippen LogP contribution in [0.5, 0.6) is 0 Å². The number of carbonyl (C=O) groups excluding carboxylic acids is 3. The summed E-state index contributed by atoms with van der Waals surface area (Å²) < 4.78 is 5.30. The monoisotopic (exact) mass is 397 g/mol. The molecule has 3 N–H and O–H groups in total. The molecule has 29 heavy (non-hydrogen) atoms. The molecule has 0 unspecified atom stereocenters. The van der Waals surface area contributed by atoms with Gasteiger partial charge in [-0.25, -0.2) is 0 Å². The first kappa shape index (κ1) is 19.2. The van der Waals surface area contributed by atoms with Gasteiger partial charge in [-0.1, -0.05) is 0 Å². The van der Waals surface area contributed by atoms with Crippen LogP contribution in [-0.4, -0.2) is 35.9 Å². The lowest BCUT2D eigenvalue weighted by molar-refractivity contribution is -0.136. The molecular formula is C21H23N3O5. The third kappa shape index (κ3) is 3.88. The second kappa shape index (κ2) is 7.71. The molecule has 0 saturated heterocycles. The smallest absolute Gasteiger partial charge is 0.313 e. The Labute approximate surface area is 167 Å². The first-order valence-corrected chi connectivity index (χ1v) is 9.72. The topological polar surface area (TPSA) is 112 Å². The molecule has 1 aromatic carbocycles. The molecule has 0 saturated carbocycles. The zero-order chi connectivity index (χ0) is 20.5. The van der Waals surface area contributed by atoms with Crippen LogP contribution in [-0.2, 0) is 27.2 Å². The van der Waals surface area contributed by atoms with E-state index in [9.17, 15) is 19.5 Å². The fourth-order valence-corrected chi connectivity index (χ4v) is 3.92. The zero-order valence-corrected chi connectivity index (χ0v) is 16.2. The second-order valence-corrected chi connectivity index (χ2v) is 7.42. The fourth-order valence-electron chi connectivity index (χ4n) is 3.92. The number of furan rings is 1. The molecule has 8 heteroatoms. The lowest BCUT2D eigenvalue weighted by atomic mass is 9.91. The number of amides is 3. The van der Waals surface area contributed by atoms with Crippen molar-refractivity contribution in [2.24, 2.45) is 0 Å². The van der Waals surface area contributed by atoms with Crippen LogP contribution >= 0.6 is 0 Å². The third-order valence-electron chi connectivity index (χ3n) is 5.28. The van der Waals surface area contributed by atoms with E-state index in [1.165, 1.54) is 0 Å². The average Bonchev–Trinajstić information content (AvgIpc) is 3.15. The van der Waals surface area contributed by atoms with Gasteiger partial charge < -0.3 is 25.1 Å². The summed E-state index contributed by atoms with van der Waals surface area (Å²) in [7, 11) is 0. The molecule has 4 rings (SSSR count). The number of carbonyl (C=O) groups is 3. The Hall–Kier alpha value is -3.13. The van der Waals surface area contributed by atoms with E-state index in [4.69, 9.17) is 4.42 Å². The van der Waals surface area contributed by atoms with Crippen molar-refractivity contribution in [2.45, 2.75) is 38.7 Å². The molecule has 3 heterocycles. The first-order chi connectivity index (χ1) is 13.9. The fraction of sp³-hybridized carbons (Fsp3) is 0.381. The summed E-state index contributed by atoms with van der Waals surface area (Å²) in [6, 6.07) is 6.99. The largest absolute Gasteiger partial charge is 0.464 e. The maximum Gasteiger partial charge on any atom is 0.313 e. The van der Waals surface area contributed by atoms with E-state index in [0.717, 1.165) is 36.2 Å². The van der Waals surface area contributed by atoms with E-state index >= 15 is 0 Å². The van der Waals surface area contributed by atoms with Crippen molar-refractivity contribution >= 4 is 29.1 Å². The molecule has 0 radical (unpaired) electrons. The van der Waals surface area contributed by atoms with Crippen molar-refractivity contribution < 1.29 is 23.9 Å².